The second-order valence-electron chi connectivity index (χ2n) is 4.28. The van der Waals surface area contributed by atoms with Crippen LogP contribution in [0.15, 0.2) is 53.4 Å². The predicted octanol–water partition coefficient (Wildman–Crippen LogP) is 3.60. The van der Waals surface area contributed by atoms with Crippen LogP contribution < -0.4 is 11.1 Å². The summed E-state index contributed by atoms with van der Waals surface area (Å²) >= 11 is 4.08. The van der Waals surface area contributed by atoms with E-state index in [9.17, 15) is 0 Å². The van der Waals surface area contributed by atoms with Crippen LogP contribution >= 0.6 is 12.6 Å². The number of anilines is 2. The molecule has 0 spiro atoms. The van der Waals surface area contributed by atoms with Gasteiger partial charge < -0.3 is 11.1 Å². The van der Waals surface area contributed by atoms with Crippen molar-refractivity contribution in [2.24, 2.45) is 0 Å². The van der Waals surface area contributed by atoms with Crippen LogP contribution in [0.3, 0.4) is 0 Å². The topological polar surface area (TPSA) is 38.0 Å². The zero-order valence-electron chi connectivity index (χ0n) is 10.3. The predicted molar refractivity (Wildman–Crippen MR) is 81.4 cm³/mol. The lowest BCUT2D eigenvalue weighted by Crippen LogP contribution is -2.10. The molecule has 18 heavy (non-hydrogen) atoms. The molecule has 1 aliphatic rings. The molecule has 3 rings (SSSR count). The zero-order chi connectivity index (χ0) is 12.8. The summed E-state index contributed by atoms with van der Waals surface area (Å²) in [6.07, 6.45) is 2.51. The number of rotatable bonds is 0. The van der Waals surface area contributed by atoms with E-state index in [1.54, 1.807) is 0 Å². The Labute approximate surface area is 114 Å². The summed E-state index contributed by atoms with van der Waals surface area (Å²) < 4.78 is 0. The molecule has 0 amide bonds. The van der Waals surface area contributed by atoms with E-state index in [1.165, 1.54) is 24.1 Å². The first-order valence-corrected chi connectivity index (χ1v) is 6.57. The second kappa shape index (κ2) is 6.36. The Morgan fingerprint density at radius 1 is 1.00 bits per heavy atom. The third-order valence-electron chi connectivity index (χ3n) is 2.85. The van der Waals surface area contributed by atoms with Crippen molar-refractivity contribution < 1.29 is 0 Å². The molecule has 1 aliphatic heterocycles. The lowest BCUT2D eigenvalue weighted by Gasteiger charge is -2.16. The van der Waals surface area contributed by atoms with Gasteiger partial charge in [0, 0.05) is 22.8 Å². The van der Waals surface area contributed by atoms with Crippen LogP contribution in [0.25, 0.3) is 0 Å². The maximum Gasteiger partial charge on any atom is 0.0372 e. The molecule has 2 nitrogen and oxygen atoms in total. The Morgan fingerprint density at radius 3 is 2.39 bits per heavy atom. The van der Waals surface area contributed by atoms with Gasteiger partial charge in [-0.1, -0.05) is 18.2 Å². The van der Waals surface area contributed by atoms with E-state index < -0.39 is 0 Å². The quantitative estimate of drug-likeness (QED) is 0.499. The monoisotopic (exact) mass is 258 g/mol. The van der Waals surface area contributed by atoms with Crippen molar-refractivity contribution in [1.29, 1.82) is 0 Å². The second-order valence-corrected chi connectivity index (χ2v) is 4.80. The number of hydrogen-bond acceptors (Lipinski definition) is 3. The minimum Gasteiger partial charge on any atom is -0.399 e. The number of hydrogen-bond donors (Lipinski definition) is 3. The van der Waals surface area contributed by atoms with Crippen LogP contribution in [0.4, 0.5) is 11.4 Å². The molecule has 3 N–H and O–H groups in total. The van der Waals surface area contributed by atoms with E-state index in [-0.39, 0.29) is 0 Å². The molecule has 0 radical (unpaired) electrons. The minimum absolute atomic E-state index is 0.780. The van der Waals surface area contributed by atoms with E-state index in [1.807, 2.05) is 24.3 Å². The molecule has 2 aromatic carbocycles. The number of nitrogen functional groups attached to an aromatic ring is 1. The first kappa shape index (κ1) is 12.8. The van der Waals surface area contributed by atoms with Gasteiger partial charge in [-0.15, -0.1) is 12.6 Å². The summed E-state index contributed by atoms with van der Waals surface area (Å²) in [6.45, 7) is 1.14. The van der Waals surface area contributed by atoms with Crippen LogP contribution in [0.1, 0.15) is 12.0 Å². The number of aryl methyl sites for hydroxylation is 1. The third kappa shape index (κ3) is 3.70. The van der Waals surface area contributed by atoms with Crippen LogP contribution in [0.2, 0.25) is 0 Å². The van der Waals surface area contributed by atoms with Gasteiger partial charge >= 0.3 is 0 Å². The molecule has 1 heterocycles. The summed E-state index contributed by atoms with van der Waals surface area (Å²) in [4.78, 5) is 0.944. The summed E-state index contributed by atoms with van der Waals surface area (Å²) in [5, 5.41) is 3.36. The molecule has 0 atom stereocenters. The van der Waals surface area contributed by atoms with Crippen molar-refractivity contribution in [3.8, 4) is 0 Å². The number of para-hydroxylation sites is 1. The van der Waals surface area contributed by atoms with Crippen LogP contribution in [0.5, 0.6) is 0 Å². The number of nitrogens with two attached hydrogens (primary N) is 1. The zero-order valence-corrected chi connectivity index (χ0v) is 11.2. The average Bonchev–Trinajstić information content (AvgIpc) is 2.43. The van der Waals surface area contributed by atoms with Gasteiger partial charge in [0.2, 0.25) is 0 Å². The standard InChI is InChI=1S/C9H11N.C6H7NS/c1-2-6-9-8(4-1)5-3-7-10-9;7-5-1-3-6(8)4-2-5/h1-2,4,6,10H,3,5,7H2;1-4,8H,7H2. The highest BCUT2D eigenvalue weighted by molar-refractivity contribution is 7.80. The van der Waals surface area contributed by atoms with Crippen molar-refractivity contribution in [3.05, 3.63) is 54.1 Å². The SMILES string of the molecule is Nc1ccc(S)cc1.c1ccc2c(c1)CCCN2. The molecule has 2 aromatic rings. The number of thiol groups is 1. The Hall–Kier alpha value is -1.61. The lowest BCUT2D eigenvalue weighted by molar-refractivity contribution is 0.830. The molecular weight excluding hydrogens is 240 g/mol. The van der Waals surface area contributed by atoms with E-state index in [0.29, 0.717) is 0 Å². The van der Waals surface area contributed by atoms with Gasteiger partial charge in [0.05, 0.1) is 0 Å². The van der Waals surface area contributed by atoms with Crippen molar-refractivity contribution in [2.45, 2.75) is 17.7 Å². The first-order chi connectivity index (χ1) is 8.75. The molecule has 0 aliphatic carbocycles. The first-order valence-electron chi connectivity index (χ1n) is 6.12. The Morgan fingerprint density at radius 2 is 1.72 bits per heavy atom. The molecule has 94 valence electrons. The maximum absolute atomic E-state index is 5.39. The van der Waals surface area contributed by atoms with Gasteiger partial charge in [-0.2, -0.15) is 0 Å². The van der Waals surface area contributed by atoms with E-state index in [0.717, 1.165) is 17.1 Å². The summed E-state index contributed by atoms with van der Waals surface area (Å²) in [5.41, 5.74) is 8.97. The van der Waals surface area contributed by atoms with Gasteiger partial charge in [0.1, 0.15) is 0 Å². The molecule has 0 aromatic heterocycles. The highest BCUT2D eigenvalue weighted by atomic mass is 32.1. The van der Waals surface area contributed by atoms with Gasteiger partial charge in [0.25, 0.3) is 0 Å². The highest BCUT2D eigenvalue weighted by Crippen LogP contribution is 2.20. The molecule has 3 heteroatoms. The van der Waals surface area contributed by atoms with E-state index in [4.69, 9.17) is 5.73 Å². The Balaban J connectivity index is 0.000000138. The number of fused-ring (bicyclic) bond motifs is 1. The van der Waals surface area contributed by atoms with E-state index in [2.05, 4.69) is 42.2 Å². The molecule has 0 fully saturated rings. The van der Waals surface area contributed by atoms with Gasteiger partial charge in [0.15, 0.2) is 0 Å². The van der Waals surface area contributed by atoms with Crippen molar-refractivity contribution in [3.63, 3.8) is 0 Å². The van der Waals surface area contributed by atoms with Crippen LogP contribution in [-0.2, 0) is 6.42 Å². The van der Waals surface area contributed by atoms with E-state index >= 15 is 0 Å². The van der Waals surface area contributed by atoms with Crippen molar-refractivity contribution in [2.75, 3.05) is 17.6 Å². The molecule has 0 bridgehead atoms. The van der Waals surface area contributed by atoms with Crippen molar-refractivity contribution >= 4 is 24.0 Å². The number of benzene rings is 2. The lowest BCUT2D eigenvalue weighted by atomic mass is 10.0. The van der Waals surface area contributed by atoms with Gasteiger partial charge in [-0.3, -0.25) is 0 Å². The summed E-state index contributed by atoms with van der Waals surface area (Å²) in [5.74, 6) is 0. The fourth-order valence-electron chi connectivity index (χ4n) is 1.89. The van der Waals surface area contributed by atoms with Crippen LogP contribution in [-0.4, -0.2) is 6.54 Å². The van der Waals surface area contributed by atoms with Gasteiger partial charge in [-0.05, 0) is 48.7 Å². The third-order valence-corrected chi connectivity index (χ3v) is 3.15. The maximum atomic E-state index is 5.39. The largest absolute Gasteiger partial charge is 0.399 e. The van der Waals surface area contributed by atoms with Crippen LogP contribution in [0, 0.1) is 0 Å². The summed E-state index contributed by atoms with van der Waals surface area (Å²) in [7, 11) is 0. The molecule has 0 unspecified atom stereocenters. The molecule has 0 saturated carbocycles. The van der Waals surface area contributed by atoms with Gasteiger partial charge in [-0.25, -0.2) is 0 Å². The minimum atomic E-state index is 0.780. The Kier molecular flexibility index (Phi) is 4.53. The number of nitrogens with one attached hydrogen (secondary N) is 1. The summed E-state index contributed by atoms with van der Waals surface area (Å²) in [6, 6.07) is 15.9. The fourth-order valence-corrected chi connectivity index (χ4v) is 2.04. The Bertz CT molecular complexity index is 448. The molecule has 0 saturated heterocycles. The average molecular weight is 258 g/mol. The highest BCUT2D eigenvalue weighted by Gasteiger charge is 2.04. The van der Waals surface area contributed by atoms with Crippen molar-refractivity contribution in [1.82, 2.24) is 0 Å². The fraction of sp³-hybridized carbons (Fsp3) is 0.200. The molecular formula is C15H18N2S. The normalized spacial score (nSPS) is 12.7. The smallest absolute Gasteiger partial charge is 0.0372 e.